The van der Waals surface area contributed by atoms with Gasteiger partial charge in [-0.2, -0.15) is 4.39 Å². The van der Waals surface area contributed by atoms with Crippen LogP contribution in [0.3, 0.4) is 0 Å². The highest BCUT2D eigenvalue weighted by Crippen LogP contribution is 2.25. The molecule has 2 atom stereocenters. The average Bonchev–Trinajstić information content (AvgIpc) is 2.78. The first-order valence-electron chi connectivity index (χ1n) is 5.71. The van der Waals surface area contributed by atoms with E-state index < -0.39 is 11.9 Å². The summed E-state index contributed by atoms with van der Waals surface area (Å²) in [4.78, 5) is 25.9. The second kappa shape index (κ2) is 5.12. The lowest BCUT2D eigenvalue weighted by Crippen LogP contribution is -2.33. The zero-order valence-electron chi connectivity index (χ0n) is 9.60. The number of rotatable bonds is 3. The summed E-state index contributed by atoms with van der Waals surface area (Å²) in [5, 5.41) is 11.6. The molecule has 1 aromatic heterocycles. The summed E-state index contributed by atoms with van der Waals surface area (Å²) >= 11 is 0. The fourth-order valence-corrected chi connectivity index (χ4v) is 2.12. The monoisotopic (exact) mass is 252 g/mol. The largest absolute Gasteiger partial charge is 0.481 e. The molecule has 1 aliphatic rings. The van der Waals surface area contributed by atoms with Gasteiger partial charge in [0, 0.05) is 12.2 Å². The van der Waals surface area contributed by atoms with Gasteiger partial charge < -0.3 is 10.4 Å². The maximum atomic E-state index is 12.6. The molecule has 0 aromatic carbocycles. The molecule has 0 aliphatic heterocycles. The van der Waals surface area contributed by atoms with E-state index in [1.165, 1.54) is 6.07 Å². The number of pyridine rings is 1. The molecule has 0 bridgehead atoms. The Hall–Kier alpha value is -1.98. The standard InChI is InChI=1S/C12H13FN2O3/c13-10-4-2-8(6-14-10)11(16)15-9-3-1-7(5-9)12(17)18/h2,4,6-7,9H,1,3,5H2,(H,15,16)(H,17,18). The molecule has 1 heterocycles. The molecule has 1 aromatic rings. The number of hydrogen-bond donors (Lipinski definition) is 2. The highest BCUT2D eigenvalue weighted by Gasteiger charge is 2.30. The summed E-state index contributed by atoms with van der Waals surface area (Å²) in [6.07, 6.45) is 2.82. The number of carbonyl (C=O) groups is 2. The Morgan fingerprint density at radius 3 is 2.72 bits per heavy atom. The highest BCUT2D eigenvalue weighted by atomic mass is 19.1. The third kappa shape index (κ3) is 2.82. The topological polar surface area (TPSA) is 79.3 Å². The Balaban J connectivity index is 1.92. The number of aliphatic carboxylic acids is 1. The molecule has 0 spiro atoms. The van der Waals surface area contributed by atoms with Crippen LogP contribution in [0.25, 0.3) is 0 Å². The van der Waals surface area contributed by atoms with Crippen LogP contribution in [-0.2, 0) is 4.79 Å². The van der Waals surface area contributed by atoms with Crippen molar-refractivity contribution in [1.82, 2.24) is 10.3 Å². The smallest absolute Gasteiger partial charge is 0.306 e. The number of nitrogens with one attached hydrogen (secondary N) is 1. The first kappa shape index (κ1) is 12.5. The van der Waals surface area contributed by atoms with Crippen molar-refractivity contribution in [1.29, 1.82) is 0 Å². The van der Waals surface area contributed by atoms with Gasteiger partial charge in [-0.25, -0.2) is 4.98 Å². The summed E-state index contributed by atoms with van der Waals surface area (Å²) in [7, 11) is 0. The van der Waals surface area contributed by atoms with Crippen LogP contribution in [0.1, 0.15) is 29.6 Å². The normalized spacial score (nSPS) is 22.7. The van der Waals surface area contributed by atoms with Gasteiger partial charge in [0.25, 0.3) is 5.91 Å². The zero-order valence-corrected chi connectivity index (χ0v) is 9.60. The van der Waals surface area contributed by atoms with Crippen molar-refractivity contribution in [2.45, 2.75) is 25.3 Å². The van der Waals surface area contributed by atoms with Crippen LogP contribution in [0.2, 0.25) is 0 Å². The van der Waals surface area contributed by atoms with Crippen molar-refractivity contribution in [2.75, 3.05) is 0 Å². The molecule has 5 nitrogen and oxygen atoms in total. The van der Waals surface area contributed by atoms with E-state index in [4.69, 9.17) is 5.11 Å². The predicted molar refractivity (Wildman–Crippen MR) is 60.4 cm³/mol. The van der Waals surface area contributed by atoms with Crippen LogP contribution in [0.15, 0.2) is 18.3 Å². The number of halogens is 1. The molecule has 1 fully saturated rings. The lowest BCUT2D eigenvalue weighted by atomic mass is 10.1. The van der Waals surface area contributed by atoms with Gasteiger partial charge in [-0.05, 0) is 31.4 Å². The minimum absolute atomic E-state index is 0.136. The molecule has 96 valence electrons. The summed E-state index contributed by atoms with van der Waals surface area (Å²) in [6.45, 7) is 0. The van der Waals surface area contributed by atoms with Crippen LogP contribution in [0, 0.1) is 11.9 Å². The second-order valence-electron chi connectivity index (χ2n) is 4.39. The summed E-state index contributed by atoms with van der Waals surface area (Å²) in [5.41, 5.74) is 0.273. The van der Waals surface area contributed by atoms with Crippen LogP contribution in [-0.4, -0.2) is 28.0 Å². The fraction of sp³-hybridized carbons (Fsp3) is 0.417. The van der Waals surface area contributed by atoms with Crippen molar-refractivity contribution in [3.8, 4) is 0 Å². The summed E-state index contributed by atoms with van der Waals surface area (Å²) in [5.74, 6) is -2.20. The molecule has 2 rings (SSSR count). The Kier molecular flexibility index (Phi) is 3.55. The summed E-state index contributed by atoms with van der Waals surface area (Å²) in [6, 6.07) is 2.33. The Bertz CT molecular complexity index is 461. The molecule has 0 radical (unpaired) electrons. The van der Waals surface area contributed by atoms with Crippen molar-refractivity contribution >= 4 is 11.9 Å². The fourth-order valence-electron chi connectivity index (χ4n) is 2.12. The van der Waals surface area contributed by atoms with Gasteiger partial charge in [-0.3, -0.25) is 9.59 Å². The van der Waals surface area contributed by atoms with Crippen LogP contribution in [0.5, 0.6) is 0 Å². The molecule has 18 heavy (non-hydrogen) atoms. The van der Waals surface area contributed by atoms with Gasteiger partial charge in [0.1, 0.15) is 0 Å². The molecule has 6 heteroatoms. The first-order valence-corrected chi connectivity index (χ1v) is 5.71. The molecular weight excluding hydrogens is 239 g/mol. The minimum Gasteiger partial charge on any atom is -0.481 e. The molecule has 1 aliphatic carbocycles. The van der Waals surface area contributed by atoms with Gasteiger partial charge in [0.15, 0.2) is 0 Å². The third-order valence-electron chi connectivity index (χ3n) is 3.11. The Morgan fingerprint density at radius 2 is 2.17 bits per heavy atom. The SMILES string of the molecule is O=C(NC1CCC(C(=O)O)C1)c1ccc(F)nc1. The van der Waals surface area contributed by atoms with E-state index in [0.29, 0.717) is 19.3 Å². The Morgan fingerprint density at radius 1 is 1.39 bits per heavy atom. The van der Waals surface area contributed by atoms with Crippen LogP contribution >= 0.6 is 0 Å². The van der Waals surface area contributed by atoms with Crippen molar-refractivity contribution < 1.29 is 19.1 Å². The number of carboxylic acid groups (broad SMARTS) is 1. The first-order chi connectivity index (χ1) is 8.56. The van der Waals surface area contributed by atoms with Gasteiger partial charge in [-0.1, -0.05) is 0 Å². The lowest BCUT2D eigenvalue weighted by molar-refractivity contribution is -0.141. The number of carbonyl (C=O) groups excluding carboxylic acids is 1. The average molecular weight is 252 g/mol. The van der Waals surface area contributed by atoms with E-state index in [2.05, 4.69) is 10.3 Å². The second-order valence-corrected chi connectivity index (χ2v) is 4.39. The Labute approximate surface area is 103 Å². The molecule has 2 N–H and O–H groups in total. The maximum absolute atomic E-state index is 12.6. The lowest BCUT2D eigenvalue weighted by Gasteiger charge is -2.12. The predicted octanol–water partition coefficient (Wildman–Crippen LogP) is 1.20. The van der Waals surface area contributed by atoms with E-state index in [9.17, 15) is 14.0 Å². The van der Waals surface area contributed by atoms with E-state index in [1.54, 1.807) is 0 Å². The van der Waals surface area contributed by atoms with E-state index in [1.807, 2.05) is 0 Å². The van der Waals surface area contributed by atoms with Gasteiger partial charge in [-0.15, -0.1) is 0 Å². The summed E-state index contributed by atoms with van der Waals surface area (Å²) < 4.78 is 12.6. The van der Waals surface area contributed by atoms with Gasteiger partial charge in [0.2, 0.25) is 5.95 Å². The molecule has 0 saturated heterocycles. The van der Waals surface area contributed by atoms with Crippen LogP contribution in [0.4, 0.5) is 4.39 Å². The van der Waals surface area contributed by atoms with Gasteiger partial charge >= 0.3 is 5.97 Å². The number of carboxylic acids is 1. The van der Waals surface area contributed by atoms with Crippen LogP contribution < -0.4 is 5.32 Å². The highest BCUT2D eigenvalue weighted by molar-refractivity contribution is 5.94. The van der Waals surface area contributed by atoms with Crippen molar-refractivity contribution in [3.05, 3.63) is 29.8 Å². The van der Waals surface area contributed by atoms with Crippen molar-refractivity contribution in [2.24, 2.45) is 5.92 Å². The zero-order chi connectivity index (χ0) is 13.1. The van der Waals surface area contributed by atoms with E-state index in [0.717, 1.165) is 12.3 Å². The molecule has 1 amide bonds. The molecule has 1 saturated carbocycles. The number of amides is 1. The van der Waals surface area contributed by atoms with Crippen molar-refractivity contribution in [3.63, 3.8) is 0 Å². The third-order valence-corrected chi connectivity index (χ3v) is 3.11. The number of nitrogens with zero attached hydrogens (tertiary/aromatic N) is 1. The van der Waals surface area contributed by atoms with E-state index in [-0.39, 0.29) is 23.4 Å². The number of hydrogen-bond acceptors (Lipinski definition) is 3. The number of aromatic nitrogens is 1. The molecular formula is C12H13FN2O3. The quantitative estimate of drug-likeness (QED) is 0.792. The maximum Gasteiger partial charge on any atom is 0.306 e. The minimum atomic E-state index is -0.824. The van der Waals surface area contributed by atoms with E-state index >= 15 is 0 Å². The van der Waals surface area contributed by atoms with Gasteiger partial charge in [0.05, 0.1) is 11.5 Å². The molecule has 2 unspecified atom stereocenters.